The lowest BCUT2D eigenvalue weighted by molar-refractivity contribution is -0.133. The molecule has 1 aliphatic rings. The zero-order chi connectivity index (χ0) is 14.5. The first-order chi connectivity index (χ1) is 9.58. The topological polar surface area (TPSA) is 32.3 Å². The quantitative estimate of drug-likeness (QED) is 0.924. The predicted octanol–water partition coefficient (Wildman–Crippen LogP) is 3.25. The Morgan fingerprint density at radius 1 is 1.35 bits per heavy atom. The first-order valence-corrected chi connectivity index (χ1v) is 7.67. The monoisotopic (exact) mass is 294 g/mol. The second-order valence-electron chi connectivity index (χ2n) is 5.63. The average Bonchev–Trinajstić information content (AvgIpc) is 2.47. The molecule has 0 saturated carbocycles. The van der Waals surface area contributed by atoms with Gasteiger partial charge in [0.15, 0.2) is 0 Å². The van der Waals surface area contributed by atoms with Gasteiger partial charge in [-0.05, 0) is 56.5 Å². The van der Waals surface area contributed by atoms with E-state index >= 15 is 0 Å². The van der Waals surface area contributed by atoms with Crippen molar-refractivity contribution in [3.63, 3.8) is 0 Å². The number of carbonyl (C=O) groups excluding carboxylic acids is 1. The Kier molecular flexibility index (Phi) is 5.44. The van der Waals surface area contributed by atoms with Gasteiger partial charge >= 0.3 is 0 Å². The van der Waals surface area contributed by atoms with Crippen LogP contribution in [0.4, 0.5) is 0 Å². The van der Waals surface area contributed by atoms with E-state index in [-0.39, 0.29) is 11.9 Å². The van der Waals surface area contributed by atoms with Crippen molar-refractivity contribution in [2.24, 2.45) is 5.92 Å². The van der Waals surface area contributed by atoms with Gasteiger partial charge in [-0.25, -0.2) is 0 Å². The highest BCUT2D eigenvalue weighted by Gasteiger charge is 2.22. The summed E-state index contributed by atoms with van der Waals surface area (Å²) in [6.45, 7) is 4.13. The van der Waals surface area contributed by atoms with E-state index in [1.807, 2.05) is 36.2 Å². The second-order valence-corrected chi connectivity index (χ2v) is 6.07. The molecule has 0 aromatic heterocycles. The van der Waals surface area contributed by atoms with E-state index in [1.165, 1.54) is 0 Å². The van der Waals surface area contributed by atoms with E-state index < -0.39 is 0 Å². The van der Waals surface area contributed by atoms with Crippen LogP contribution in [0.1, 0.15) is 37.8 Å². The molecule has 20 heavy (non-hydrogen) atoms. The first-order valence-electron chi connectivity index (χ1n) is 7.29. The molecule has 1 aliphatic heterocycles. The molecule has 4 heteroatoms. The predicted molar refractivity (Wildman–Crippen MR) is 82.8 cm³/mol. The Morgan fingerprint density at radius 2 is 1.95 bits per heavy atom. The van der Waals surface area contributed by atoms with Gasteiger partial charge in [0.25, 0.3) is 0 Å². The number of carbonyl (C=O) groups is 1. The van der Waals surface area contributed by atoms with E-state index in [2.05, 4.69) is 12.2 Å². The molecular formula is C16H23ClN2O. The van der Waals surface area contributed by atoms with E-state index in [9.17, 15) is 4.79 Å². The standard InChI is InChI=1S/C16H23ClN2O/c1-12(14-3-5-15(17)6-4-14)19(2)16(20)11-13-7-9-18-10-8-13/h3-6,12-13,18H,7-11H2,1-2H3. The van der Waals surface area contributed by atoms with Gasteiger partial charge in [-0.1, -0.05) is 23.7 Å². The van der Waals surface area contributed by atoms with Crippen molar-refractivity contribution in [1.29, 1.82) is 0 Å². The highest BCUT2D eigenvalue weighted by Crippen LogP contribution is 2.24. The minimum atomic E-state index is 0.0847. The summed E-state index contributed by atoms with van der Waals surface area (Å²) in [5.41, 5.74) is 1.12. The van der Waals surface area contributed by atoms with E-state index in [0.717, 1.165) is 36.5 Å². The number of halogens is 1. The molecule has 1 unspecified atom stereocenters. The van der Waals surface area contributed by atoms with Crippen LogP contribution in [0.3, 0.4) is 0 Å². The molecule has 3 nitrogen and oxygen atoms in total. The van der Waals surface area contributed by atoms with Gasteiger partial charge in [0.2, 0.25) is 5.91 Å². The molecule has 1 fully saturated rings. The van der Waals surface area contributed by atoms with Crippen molar-refractivity contribution in [3.8, 4) is 0 Å². The van der Waals surface area contributed by atoms with Gasteiger partial charge in [-0.2, -0.15) is 0 Å². The van der Waals surface area contributed by atoms with Crippen molar-refractivity contribution in [1.82, 2.24) is 10.2 Å². The summed E-state index contributed by atoms with van der Waals surface area (Å²) in [6, 6.07) is 7.81. The van der Waals surface area contributed by atoms with Crippen LogP contribution in [0.5, 0.6) is 0 Å². The number of rotatable bonds is 4. The summed E-state index contributed by atoms with van der Waals surface area (Å²) < 4.78 is 0. The molecular weight excluding hydrogens is 272 g/mol. The summed E-state index contributed by atoms with van der Waals surface area (Å²) in [6.07, 6.45) is 2.87. The van der Waals surface area contributed by atoms with Crippen LogP contribution in [0.25, 0.3) is 0 Å². The maximum absolute atomic E-state index is 12.4. The number of nitrogens with zero attached hydrogens (tertiary/aromatic N) is 1. The molecule has 0 spiro atoms. The minimum Gasteiger partial charge on any atom is -0.339 e. The zero-order valence-corrected chi connectivity index (χ0v) is 13.0. The Labute approximate surface area is 126 Å². The van der Waals surface area contributed by atoms with Crippen molar-refractivity contribution < 1.29 is 4.79 Å². The Balaban J connectivity index is 1.93. The van der Waals surface area contributed by atoms with Gasteiger partial charge in [0.05, 0.1) is 6.04 Å². The number of benzene rings is 1. The van der Waals surface area contributed by atoms with Crippen LogP contribution in [0.2, 0.25) is 5.02 Å². The SMILES string of the molecule is CC(c1ccc(Cl)cc1)N(C)C(=O)CC1CCNCC1. The van der Waals surface area contributed by atoms with Crippen molar-refractivity contribution in [2.45, 2.75) is 32.2 Å². The summed E-state index contributed by atoms with van der Waals surface area (Å²) in [7, 11) is 1.89. The van der Waals surface area contributed by atoms with Gasteiger partial charge in [0, 0.05) is 18.5 Å². The Hall–Kier alpha value is -1.06. The fourth-order valence-corrected chi connectivity index (χ4v) is 2.78. The molecule has 0 radical (unpaired) electrons. The van der Waals surface area contributed by atoms with Crippen LogP contribution in [0.15, 0.2) is 24.3 Å². The third-order valence-corrected chi connectivity index (χ3v) is 4.50. The zero-order valence-electron chi connectivity index (χ0n) is 12.2. The average molecular weight is 295 g/mol. The van der Waals surface area contributed by atoms with Crippen LogP contribution >= 0.6 is 11.6 Å². The fourth-order valence-electron chi connectivity index (χ4n) is 2.66. The molecule has 2 rings (SSSR count). The minimum absolute atomic E-state index is 0.0847. The number of hydrogen-bond donors (Lipinski definition) is 1. The van der Waals surface area contributed by atoms with Crippen LogP contribution in [-0.4, -0.2) is 30.9 Å². The first kappa shape index (κ1) is 15.3. The summed E-state index contributed by atoms with van der Waals surface area (Å²) in [5.74, 6) is 0.767. The molecule has 0 aliphatic carbocycles. The van der Waals surface area contributed by atoms with Crippen LogP contribution in [0, 0.1) is 5.92 Å². The fraction of sp³-hybridized carbons (Fsp3) is 0.562. The lowest BCUT2D eigenvalue weighted by atomic mass is 9.93. The van der Waals surface area contributed by atoms with Crippen molar-refractivity contribution in [2.75, 3.05) is 20.1 Å². The van der Waals surface area contributed by atoms with Gasteiger partial charge in [0.1, 0.15) is 0 Å². The molecule has 1 amide bonds. The molecule has 1 saturated heterocycles. The molecule has 1 heterocycles. The maximum atomic E-state index is 12.4. The number of hydrogen-bond acceptors (Lipinski definition) is 2. The third-order valence-electron chi connectivity index (χ3n) is 4.25. The third kappa shape index (κ3) is 3.97. The largest absolute Gasteiger partial charge is 0.339 e. The van der Waals surface area contributed by atoms with E-state index in [0.29, 0.717) is 12.3 Å². The smallest absolute Gasteiger partial charge is 0.223 e. The number of piperidine rings is 1. The van der Waals surface area contributed by atoms with Gasteiger partial charge in [-0.3, -0.25) is 4.79 Å². The van der Waals surface area contributed by atoms with Gasteiger partial charge < -0.3 is 10.2 Å². The van der Waals surface area contributed by atoms with E-state index in [1.54, 1.807) is 0 Å². The molecule has 110 valence electrons. The van der Waals surface area contributed by atoms with E-state index in [4.69, 9.17) is 11.6 Å². The highest BCUT2D eigenvalue weighted by atomic mass is 35.5. The lowest BCUT2D eigenvalue weighted by Crippen LogP contribution is -2.34. The lowest BCUT2D eigenvalue weighted by Gasteiger charge is -2.29. The summed E-state index contributed by atoms with van der Waals surface area (Å²) in [4.78, 5) is 14.2. The van der Waals surface area contributed by atoms with Crippen LogP contribution in [-0.2, 0) is 4.79 Å². The Morgan fingerprint density at radius 3 is 2.55 bits per heavy atom. The molecule has 1 aromatic carbocycles. The second kappa shape index (κ2) is 7.09. The molecule has 1 atom stereocenters. The normalized spacial score (nSPS) is 17.8. The number of nitrogens with one attached hydrogen (secondary N) is 1. The maximum Gasteiger partial charge on any atom is 0.223 e. The molecule has 1 N–H and O–H groups in total. The molecule has 0 bridgehead atoms. The van der Waals surface area contributed by atoms with Crippen molar-refractivity contribution in [3.05, 3.63) is 34.9 Å². The highest BCUT2D eigenvalue weighted by molar-refractivity contribution is 6.30. The Bertz CT molecular complexity index is 440. The molecule has 1 aromatic rings. The summed E-state index contributed by atoms with van der Waals surface area (Å²) >= 11 is 5.90. The number of amides is 1. The van der Waals surface area contributed by atoms with Crippen LogP contribution < -0.4 is 5.32 Å². The van der Waals surface area contributed by atoms with Gasteiger partial charge in [-0.15, -0.1) is 0 Å². The summed E-state index contributed by atoms with van der Waals surface area (Å²) in [5, 5.41) is 4.06. The van der Waals surface area contributed by atoms with Crippen molar-refractivity contribution >= 4 is 17.5 Å².